The molecule has 0 aromatic carbocycles. The van der Waals surface area contributed by atoms with E-state index in [4.69, 9.17) is 10.5 Å². The van der Waals surface area contributed by atoms with E-state index >= 15 is 0 Å². The van der Waals surface area contributed by atoms with Crippen molar-refractivity contribution in [1.82, 2.24) is 14.9 Å². The lowest BCUT2D eigenvalue weighted by atomic mass is 10.0. The Morgan fingerprint density at radius 3 is 2.35 bits per heavy atom. The quantitative estimate of drug-likeness (QED) is 0.800. The minimum atomic E-state index is -0.447. The summed E-state index contributed by atoms with van der Waals surface area (Å²) in [5.74, 6) is 0.607. The van der Waals surface area contributed by atoms with Crippen LogP contribution >= 0.6 is 0 Å². The van der Waals surface area contributed by atoms with Crippen LogP contribution in [0.1, 0.15) is 25.2 Å². The van der Waals surface area contributed by atoms with Crippen LogP contribution < -0.4 is 4.90 Å². The minimum Gasteiger partial charge on any atom is -0.338 e. The van der Waals surface area contributed by atoms with Crippen LogP contribution in [0.25, 0.3) is 0 Å². The Morgan fingerprint density at radius 1 is 1.15 bits per heavy atom. The number of nitriles is 2. The van der Waals surface area contributed by atoms with Crippen LogP contribution in [0, 0.1) is 29.6 Å². The Morgan fingerprint density at radius 2 is 1.80 bits per heavy atom. The highest BCUT2D eigenvalue weighted by Gasteiger charge is 2.30. The molecule has 0 saturated carbocycles. The van der Waals surface area contributed by atoms with E-state index in [0.29, 0.717) is 11.6 Å². The topological polar surface area (TPSA) is 79.8 Å². The SMILES string of the molecule is Cc1cc(C#N)nc(N2CCN(C(C)(C)C#N)CC2)n1. The molecule has 0 N–H and O–H groups in total. The maximum absolute atomic E-state index is 9.17. The molecule has 20 heavy (non-hydrogen) atoms. The molecule has 6 heteroatoms. The third kappa shape index (κ3) is 2.87. The van der Waals surface area contributed by atoms with Crippen molar-refractivity contribution in [2.45, 2.75) is 26.3 Å². The Bertz CT molecular complexity index is 572. The number of hydrogen-bond donors (Lipinski definition) is 0. The fourth-order valence-electron chi connectivity index (χ4n) is 2.29. The number of nitrogens with zero attached hydrogens (tertiary/aromatic N) is 6. The first-order chi connectivity index (χ1) is 9.46. The van der Waals surface area contributed by atoms with Gasteiger partial charge >= 0.3 is 0 Å². The second kappa shape index (κ2) is 5.44. The average Bonchev–Trinajstić information content (AvgIpc) is 2.46. The van der Waals surface area contributed by atoms with Crippen molar-refractivity contribution in [3.05, 3.63) is 17.5 Å². The molecule has 1 aliphatic heterocycles. The third-order valence-corrected chi connectivity index (χ3v) is 3.58. The molecule has 0 aliphatic carbocycles. The molecule has 1 aromatic heterocycles. The van der Waals surface area contributed by atoms with Crippen LogP contribution in [0.3, 0.4) is 0 Å². The molecule has 6 nitrogen and oxygen atoms in total. The van der Waals surface area contributed by atoms with Gasteiger partial charge in [0.25, 0.3) is 0 Å². The van der Waals surface area contributed by atoms with Crippen LogP contribution in [0.2, 0.25) is 0 Å². The zero-order valence-electron chi connectivity index (χ0n) is 12.1. The van der Waals surface area contributed by atoms with Gasteiger partial charge in [0.1, 0.15) is 17.3 Å². The predicted octanol–water partition coefficient (Wildman–Crippen LogP) is 1.08. The molecular weight excluding hydrogens is 252 g/mol. The lowest BCUT2D eigenvalue weighted by Gasteiger charge is -2.40. The van der Waals surface area contributed by atoms with Gasteiger partial charge in [0, 0.05) is 31.9 Å². The summed E-state index contributed by atoms with van der Waals surface area (Å²) in [7, 11) is 0. The van der Waals surface area contributed by atoms with Crippen LogP contribution in [-0.2, 0) is 0 Å². The molecule has 0 spiro atoms. The van der Waals surface area contributed by atoms with E-state index in [1.807, 2.05) is 20.8 Å². The maximum atomic E-state index is 9.17. The maximum Gasteiger partial charge on any atom is 0.226 e. The molecule has 1 fully saturated rings. The van der Waals surface area contributed by atoms with Crippen molar-refractivity contribution in [3.63, 3.8) is 0 Å². The first kappa shape index (κ1) is 14.2. The number of anilines is 1. The summed E-state index contributed by atoms with van der Waals surface area (Å²) in [6.07, 6.45) is 0. The fraction of sp³-hybridized carbons (Fsp3) is 0.571. The van der Waals surface area contributed by atoms with E-state index in [1.54, 1.807) is 6.07 Å². The van der Waals surface area contributed by atoms with Gasteiger partial charge in [0.15, 0.2) is 0 Å². The van der Waals surface area contributed by atoms with Crippen molar-refractivity contribution in [2.75, 3.05) is 31.1 Å². The van der Waals surface area contributed by atoms with Gasteiger partial charge in [-0.3, -0.25) is 4.90 Å². The summed E-state index contributed by atoms with van der Waals surface area (Å²) in [5, 5.41) is 18.1. The average molecular weight is 270 g/mol. The molecule has 1 saturated heterocycles. The monoisotopic (exact) mass is 270 g/mol. The van der Waals surface area contributed by atoms with Crippen molar-refractivity contribution in [2.24, 2.45) is 0 Å². The third-order valence-electron chi connectivity index (χ3n) is 3.58. The van der Waals surface area contributed by atoms with Crippen molar-refractivity contribution >= 4 is 5.95 Å². The highest BCUT2D eigenvalue weighted by molar-refractivity contribution is 5.36. The smallest absolute Gasteiger partial charge is 0.226 e. The van der Waals surface area contributed by atoms with Crippen molar-refractivity contribution in [1.29, 1.82) is 10.5 Å². The van der Waals surface area contributed by atoms with Gasteiger partial charge in [0.2, 0.25) is 5.95 Å². The largest absolute Gasteiger partial charge is 0.338 e. The summed E-state index contributed by atoms with van der Waals surface area (Å²) in [6.45, 7) is 8.83. The standard InChI is InChI=1S/C14H18N6/c1-11-8-12(9-15)18-13(17-11)19-4-6-20(7-5-19)14(2,3)10-16/h8H,4-7H2,1-3H3. The molecule has 0 unspecified atom stereocenters. The molecule has 2 heterocycles. The van der Waals surface area contributed by atoms with E-state index in [1.165, 1.54) is 0 Å². The molecule has 0 bridgehead atoms. The number of aryl methyl sites for hydroxylation is 1. The van der Waals surface area contributed by atoms with Gasteiger partial charge in [-0.15, -0.1) is 0 Å². The first-order valence-electron chi connectivity index (χ1n) is 6.63. The number of rotatable bonds is 2. The Labute approximate surface area is 119 Å². The summed E-state index contributed by atoms with van der Waals surface area (Å²) in [6, 6.07) is 6.06. The molecule has 1 aliphatic rings. The molecule has 0 radical (unpaired) electrons. The molecule has 1 aromatic rings. The number of aromatic nitrogens is 2. The summed E-state index contributed by atoms with van der Waals surface area (Å²) < 4.78 is 0. The first-order valence-corrected chi connectivity index (χ1v) is 6.63. The van der Waals surface area contributed by atoms with E-state index in [0.717, 1.165) is 31.9 Å². The van der Waals surface area contributed by atoms with E-state index in [2.05, 4.69) is 31.9 Å². The highest BCUT2D eigenvalue weighted by Crippen LogP contribution is 2.18. The zero-order valence-corrected chi connectivity index (χ0v) is 12.1. The normalized spacial score (nSPS) is 16.6. The van der Waals surface area contributed by atoms with Crippen LogP contribution in [0.5, 0.6) is 0 Å². The number of hydrogen-bond acceptors (Lipinski definition) is 6. The molecule has 104 valence electrons. The minimum absolute atomic E-state index is 0.396. The van der Waals surface area contributed by atoms with Crippen molar-refractivity contribution < 1.29 is 0 Å². The summed E-state index contributed by atoms with van der Waals surface area (Å²) in [4.78, 5) is 12.9. The molecule has 0 amide bonds. The second-order valence-electron chi connectivity index (χ2n) is 5.45. The Hall–Kier alpha value is -2.18. The number of piperazine rings is 1. The van der Waals surface area contributed by atoms with Crippen LogP contribution in [-0.4, -0.2) is 46.6 Å². The zero-order chi connectivity index (χ0) is 14.8. The van der Waals surface area contributed by atoms with Crippen LogP contribution in [0.15, 0.2) is 6.07 Å². The summed E-state index contributed by atoms with van der Waals surface area (Å²) in [5.41, 5.74) is 0.746. The van der Waals surface area contributed by atoms with E-state index in [-0.39, 0.29) is 0 Å². The van der Waals surface area contributed by atoms with Gasteiger partial charge in [-0.2, -0.15) is 10.5 Å². The lowest BCUT2D eigenvalue weighted by molar-refractivity contribution is 0.157. The van der Waals surface area contributed by atoms with Gasteiger partial charge in [-0.25, -0.2) is 9.97 Å². The van der Waals surface area contributed by atoms with Gasteiger partial charge in [0.05, 0.1) is 6.07 Å². The lowest BCUT2D eigenvalue weighted by Crippen LogP contribution is -2.54. The fourth-order valence-corrected chi connectivity index (χ4v) is 2.29. The van der Waals surface area contributed by atoms with Crippen LogP contribution in [0.4, 0.5) is 5.95 Å². The Kier molecular flexibility index (Phi) is 3.87. The predicted molar refractivity (Wildman–Crippen MR) is 75.0 cm³/mol. The molecule has 0 atom stereocenters. The summed E-state index contributed by atoms with van der Waals surface area (Å²) >= 11 is 0. The second-order valence-corrected chi connectivity index (χ2v) is 5.45. The van der Waals surface area contributed by atoms with Gasteiger partial charge in [-0.1, -0.05) is 0 Å². The molecular formula is C14H18N6. The van der Waals surface area contributed by atoms with Gasteiger partial charge in [-0.05, 0) is 26.8 Å². The van der Waals surface area contributed by atoms with E-state index < -0.39 is 5.54 Å². The van der Waals surface area contributed by atoms with Gasteiger partial charge < -0.3 is 4.90 Å². The van der Waals surface area contributed by atoms with E-state index in [9.17, 15) is 0 Å². The Balaban J connectivity index is 2.10. The van der Waals surface area contributed by atoms with Crippen molar-refractivity contribution in [3.8, 4) is 12.1 Å². The molecule has 2 rings (SSSR count). The highest BCUT2D eigenvalue weighted by atomic mass is 15.3.